The Morgan fingerprint density at radius 2 is 1.00 bits per heavy atom. The lowest BCUT2D eigenvalue weighted by Gasteiger charge is -2.25. The first-order valence-corrected chi connectivity index (χ1v) is 11.8. The zero-order chi connectivity index (χ0) is 25.3. The second-order valence-corrected chi connectivity index (χ2v) is 8.96. The molecule has 2 heterocycles. The monoisotopic (exact) mass is 472 g/mol. The van der Waals surface area contributed by atoms with Gasteiger partial charge in [0.05, 0.1) is 11.4 Å². The van der Waals surface area contributed by atoms with Crippen LogP contribution in [-0.4, -0.2) is 45.1 Å². The quantitative estimate of drug-likeness (QED) is 0.550. The van der Waals surface area contributed by atoms with Crippen molar-refractivity contribution < 1.29 is 19.2 Å². The highest BCUT2D eigenvalue weighted by molar-refractivity contribution is 6.15. The van der Waals surface area contributed by atoms with E-state index >= 15 is 0 Å². The lowest BCUT2D eigenvalue weighted by Crippen LogP contribution is -2.29. The third-order valence-electron chi connectivity index (χ3n) is 6.42. The molecule has 0 fully saturated rings. The molecule has 0 N–H and O–H groups in total. The molecular formula is C27H28N4O4. The second-order valence-electron chi connectivity index (χ2n) is 8.96. The van der Waals surface area contributed by atoms with Crippen LogP contribution in [0.25, 0.3) is 0 Å². The van der Waals surface area contributed by atoms with Gasteiger partial charge in [-0.3, -0.25) is 19.2 Å². The molecule has 0 bridgehead atoms. The van der Waals surface area contributed by atoms with E-state index < -0.39 is 23.6 Å². The van der Waals surface area contributed by atoms with E-state index in [1.165, 1.54) is 24.3 Å². The maximum absolute atomic E-state index is 12.0. The summed E-state index contributed by atoms with van der Waals surface area (Å²) in [5, 5.41) is 10.6. The molecule has 0 saturated heterocycles. The van der Waals surface area contributed by atoms with E-state index in [9.17, 15) is 19.2 Å². The van der Waals surface area contributed by atoms with Gasteiger partial charge in [-0.25, -0.2) is 0 Å². The molecule has 2 atom stereocenters. The minimum Gasteiger partial charge on any atom is -0.267 e. The Bertz CT molecular complexity index is 1120. The van der Waals surface area contributed by atoms with Crippen LogP contribution in [0.3, 0.4) is 0 Å². The van der Waals surface area contributed by atoms with Gasteiger partial charge < -0.3 is 0 Å². The molecule has 0 aromatic rings. The fourth-order valence-corrected chi connectivity index (χ4v) is 4.64. The van der Waals surface area contributed by atoms with Crippen molar-refractivity contribution in [3.8, 4) is 0 Å². The third kappa shape index (κ3) is 4.82. The molecule has 35 heavy (non-hydrogen) atoms. The van der Waals surface area contributed by atoms with E-state index in [1.807, 2.05) is 39.8 Å². The number of rotatable bonds is 6. The lowest BCUT2D eigenvalue weighted by molar-refractivity contribution is -0.138. The van der Waals surface area contributed by atoms with Gasteiger partial charge in [-0.1, -0.05) is 38.2 Å². The zero-order valence-corrected chi connectivity index (χ0v) is 20.3. The average Bonchev–Trinajstić information content (AvgIpc) is 3.31. The minimum absolute atomic E-state index is 0.00995. The predicted octanol–water partition coefficient (Wildman–Crippen LogP) is 3.76. The standard InChI is InChI=1S/C27H28N4O4/c1-5-20-14-18(11-16(3)26(20)28-30-22(32)7-8-23(30)33)13-19-12-17(4)27(21(6-2)15-19)29-31-24(34)9-10-25(31)35/h7-12,14-15,20-21H,5-6,13H2,1-4H3. The molecule has 4 aliphatic rings. The van der Waals surface area contributed by atoms with Crippen molar-refractivity contribution in [2.24, 2.45) is 22.0 Å². The number of hydrogen-bond acceptors (Lipinski definition) is 6. The largest absolute Gasteiger partial charge is 0.274 e. The van der Waals surface area contributed by atoms with Crippen molar-refractivity contribution in [2.75, 3.05) is 0 Å². The second kappa shape index (κ2) is 9.74. The van der Waals surface area contributed by atoms with Crippen molar-refractivity contribution in [2.45, 2.75) is 47.0 Å². The molecule has 0 aromatic heterocycles. The molecule has 4 rings (SSSR count). The molecule has 0 spiro atoms. The summed E-state index contributed by atoms with van der Waals surface area (Å²) in [6, 6.07) is 0. The van der Waals surface area contributed by atoms with Gasteiger partial charge in [0.1, 0.15) is 0 Å². The highest BCUT2D eigenvalue weighted by atomic mass is 16.2. The summed E-state index contributed by atoms with van der Waals surface area (Å²) < 4.78 is 0. The lowest BCUT2D eigenvalue weighted by atomic mass is 9.82. The summed E-state index contributed by atoms with van der Waals surface area (Å²) >= 11 is 0. The number of imide groups is 2. The maximum atomic E-state index is 12.0. The SMILES string of the molecule is CCC1C=C(CC2=CC(CC)C(=NN3C(=O)C=CC3=O)C(C)=C2)C=C(C)C1=NN1C(=O)C=CC1=O. The summed E-state index contributed by atoms with van der Waals surface area (Å²) in [7, 11) is 0. The van der Waals surface area contributed by atoms with Crippen LogP contribution in [0.15, 0.2) is 81.1 Å². The van der Waals surface area contributed by atoms with Gasteiger partial charge in [-0.2, -0.15) is 20.2 Å². The zero-order valence-electron chi connectivity index (χ0n) is 20.3. The summed E-state index contributed by atoms with van der Waals surface area (Å²) in [6.07, 6.45) is 15.6. The van der Waals surface area contributed by atoms with Crippen LogP contribution in [0.1, 0.15) is 47.0 Å². The Morgan fingerprint density at radius 1 is 0.657 bits per heavy atom. The average molecular weight is 473 g/mol. The van der Waals surface area contributed by atoms with E-state index in [0.29, 0.717) is 6.42 Å². The number of carbonyl (C=O) groups excluding carboxylic acids is 4. The molecule has 2 aliphatic heterocycles. The molecule has 180 valence electrons. The fraction of sp³-hybridized carbons (Fsp3) is 0.333. The molecule has 2 aliphatic carbocycles. The van der Waals surface area contributed by atoms with Crippen molar-refractivity contribution in [1.82, 2.24) is 10.0 Å². The van der Waals surface area contributed by atoms with Gasteiger partial charge in [0, 0.05) is 36.1 Å². The Balaban J connectivity index is 1.55. The summed E-state index contributed by atoms with van der Waals surface area (Å²) in [5.41, 5.74) is 5.55. The molecule has 2 unspecified atom stereocenters. The predicted molar refractivity (Wildman–Crippen MR) is 133 cm³/mol. The van der Waals surface area contributed by atoms with Crippen LogP contribution in [0.5, 0.6) is 0 Å². The first kappa shape index (κ1) is 24.2. The van der Waals surface area contributed by atoms with Crippen LogP contribution in [0.4, 0.5) is 0 Å². The minimum atomic E-state index is -0.427. The molecule has 8 heteroatoms. The van der Waals surface area contributed by atoms with E-state index in [2.05, 4.69) is 22.4 Å². The molecule has 4 amide bonds. The Labute approximate surface area is 204 Å². The number of hydrogen-bond donors (Lipinski definition) is 0. The van der Waals surface area contributed by atoms with Gasteiger partial charge in [0.25, 0.3) is 23.6 Å². The van der Waals surface area contributed by atoms with Gasteiger partial charge in [-0.05, 0) is 55.4 Å². The third-order valence-corrected chi connectivity index (χ3v) is 6.42. The van der Waals surface area contributed by atoms with Gasteiger partial charge in [0.15, 0.2) is 0 Å². The van der Waals surface area contributed by atoms with E-state index in [-0.39, 0.29) is 11.8 Å². The number of hydrazone groups is 2. The fourth-order valence-electron chi connectivity index (χ4n) is 4.64. The van der Waals surface area contributed by atoms with Crippen LogP contribution in [0, 0.1) is 11.8 Å². The van der Waals surface area contributed by atoms with E-state index in [0.717, 1.165) is 56.6 Å². The summed E-state index contributed by atoms with van der Waals surface area (Å²) in [5.74, 6) is -1.73. The molecular weight excluding hydrogens is 444 g/mol. The van der Waals surface area contributed by atoms with Gasteiger partial charge in [-0.15, -0.1) is 0 Å². The number of carbonyl (C=O) groups is 4. The Morgan fingerprint density at radius 3 is 1.31 bits per heavy atom. The van der Waals surface area contributed by atoms with Gasteiger partial charge >= 0.3 is 0 Å². The topological polar surface area (TPSA) is 99.5 Å². The molecule has 0 saturated carbocycles. The van der Waals surface area contributed by atoms with Crippen molar-refractivity contribution in [3.05, 3.63) is 70.9 Å². The smallest absolute Gasteiger partial charge is 0.267 e. The molecule has 8 nitrogen and oxygen atoms in total. The van der Waals surface area contributed by atoms with Crippen LogP contribution in [-0.2, 0) is 19.2 Å². The number of nitrogens with zero attached hydrogens (tertiary/aromatic N) is 4. The first-order chi connectivity index (χ1) is 16.7. The summed E-state index contributed by atoms with van der Waals surface area (Å²) in [6.45, 7) is 7.99. The first-order valence-electron chi connectivity index (χ1n) is 11.8. The number of allylic oxidation sites excluding steroid dienone is 8. The van der Waals surface area contributed by atoms with E-state index in [4.69, 9.17) is 0 Å². The summed E-state index contributed by atoms with van der Waals surface area (Å²) in [4.78, 5) is 47.8. The highest BCUT2D eigenvalue weighted by Crippen LogP contribution is 2.32. The highest BCUT2D eigenvalue weighted by Gasteiger charge is 2.29. The Kier molecular flexibility index (Phi) is 6.73. The van der Waals surface area contributed by atoms with Crippen LogP contribution in [0.2, 0.25) is 0 Å². The van der Waals surface area contributed by atoms with E-state index in [1.54, 1.807) is 0 Å². The Hall–Kier alpha value is -3.94. The van der Waals surface area contributed by atoms with Crippen LogP contribution >= 0.6 is 0 Å². The number of amides is 4. The van der Waals surface area contributed by atoms with Crippen LogP contribution < -0.4 is 0 Å². The van der Waals surface area contributed by atoms with Crippen molar-refractivity contribution in [3.63, 3.8) is 0 Å². The van der Waals surface area contributed by atoms with Crippen molar-refractivity contribution >= 4 is 35.1 Å². The maximum Gasteiger partial charge on any atom is 0.274 e. The molecule has 0 aromatic carbocycles. The normalized spacial score (nSPS) is 26.7. The van der Waals surface area contributed by atoms with Crippen molar-refractivity contribution in [1.29, 1.82) is 0 Å². The molecule has 0 radical (unpaired) electrons. The van der Waals surface area contributed by atoms with Gasteiger partial charge in [0.2, 0.25) is 0 Å².